The summed E-state index contributed by atoms with van der Waals surface area (Å²) >= 11 is 0. The molecule has 0 radical (unpaired) electrons. The maximum absolute atomic E-state index is 12.0. The van der Waals surface area contributed by atoms with E-state index in [4.69, 9.17) is 5.26 Å². The van der Waals surface area contributed by atoms with Crippen LogP contribution in [0.2, 0.25) is 0 Å². The molecule has 0 heterocycles. The first kappa shape index (κ1) is 9.51. The molecule has 3 saturated carbocycles. The van der Waals surface area contributed by atoms with E-state index in [1.807, 2.05) is 18.7 Å². The summed E-state index contributed by atoms with van der Waals surface area (Å²) < 4.78 is 0. The van der Waals surface area contributed by atoms with Gasteiger partial charge in [0, 0.05) is 13.1 Å². The minimum Gasteiger partial charge on any atom is -0.343 e. The van der Waals surface area contributed by atoms with Crippen molar-refractivity contribution in [3.05, 3.63) is 0 Å². The van der Waals surface area contributed by atoms with Crippen LogP contribution in [0, 0.1) is 22.2 Å². The fraction of sp³-hybridized carbons (Fsp3) is 0.818. The van der Waals surface area contributed by atoms with Gasteiger partial charge in [-0.2, -0.15) is 5.26 Å². The molecule has 14 heavy (non-hydrogen) atoms. The molecule has 0 N–H and O–H groups in total. The third kappa shape index (κ3) is 0.943. The highest BCUT2D eigenvalue weighted by Gasteiger charge is 2.72. The topological polar surface area (TPSA) is 44.1 Å². The molecule has 0 unspecified atom stereocenters. The van der Waals surface area contributed by atoms with Crippen molar-refractivity contribution in [3.8, 4) is 6.07 Å². The van der Waals surface area contributed by atoms with Crippen molar-refractivity contribution in [2.75, 3.05) is 13.1 Å². The molecular weight excluding hydrogens is 176 g/mol. The van der Waals surface area contributed by atoms with Crippen LogP contribution in [-0.4, -0.2) is 23.9 Å². The van der Waals surface area contributed by atoms with Gasteiger partial charge in [-0.25, -0.2) is 0 Å². The summed E-state index contributed by atoms with van der Waals surface area (Å²) in [6, 6.07) is 2.33. The van der Waals surface area contributed by atoms with Gasteiger partial charge in [0.2, 0.25) is 5.91 Å². The van der Waals surface area contributed by atoms with Crippen molar-refractivity contribution >= 4 is 5.91 Å². The molecule has 2 bridgehead atoms. The van der Waals surface area contributed by atoms with Crippen molar-refractivity contribution in [2.45, 2.75) is 33.1 Å². The smallest absolute Gasteiger partial charge is 0.228 e. The van der Waals surface area contributed by atoms with Gasteiger partial charge >= 0.3 is 0 Å². The molecule has 0 aromatic rings. The van der Waals surface area contributed by atoms with E-state index >= 15 is 0 Å². The molecule has 0 aliphatic heterocycles. The number of nitriles is 1. The Morgan fingerprint density at radius 1 is 1.36 bits per heavy atom. The second kappa shape index (κ2) is 2.73. The van der Waals surface area contributed by atoms with Gasteiger partial charge in [-0.15, -0.1) is 0 Å². The van der Waals surface area contributed by atoms with E-state index < -0.39 is 0 Å². The summed E-state index contributed by atoms with van der Waals surface area (Å²) in [5.41, 5.74) is -0.232. The Morgan fingerprint density at radius 3 is 2.21 bits per heavy atom. The third-order valence-electron chi connectivity index (χ3n) is 3.77. The molecule has 0 aromatic carbocycles. The zero-order valence-electron chi connectivity index (χ0n) is 8.84. The van der Waals surface area contributed by atoms with Crippen LogP contribution < -0.4 is 0 Å². The summed E-state index contributed by atoms with van der Waals surface area (Å²) in [5, 5.41) is 8.86. The first-order valence-corrected chi connectivity index (χ1v) is 5.32. The van der Waals surface area contributed by atoms with E-state index in [9.17, 15) is 4.79 Å². The normalized spacial score (nSPS) is 37.8. The number of rotatable bonds is 3. The molecule has 3 fully saturated rings. The average molecular weight is 192 g/mol. The highest BCUT2D eigenvalue weighted by Crippen LogP contribution is 2.73. The largest absolute Gasteiger partial charge is 0.343 e. The van der Waals surface area contributed by atoms with E-state index in [-0.39, 0.29) is 16.7 Å². The predicted octanol–water partition coefficient (Wildman–Crippen LogP) is 1.55. The minimum atomic E-state index is -0.123. The molecular formula is C11H16N2O. The Bertz CT molecular complexity index is 292. The fourth-order valence-corrected chi connectivity index (χ4v) is 2.98. The van der Waals surface area contributed by atoms with Crippen LogP contribution in [0.1, 0.15) is 33.1 Å². The number of amides is 1. The van der Waals surface area contributed by atoms with Gasteiger partial charge in [-0.3, -0.25) is 4.79 Å². The molecule has 0 spiro atoms. The van der Waals surface area contributed by atoms with E-state index in [1.165, 1.54) is 0 Å². The van der Waals surface area contributed by atoms with Crippen molar-refractivity contribution in [1.82, 2.24) is 4.90 Å². The highest BCUT2D eigenvalue weighted by atomic mass is 16.2. The zero-order valence-corrected chi connectivity index (χ0v) is 8.84. The zero-order chi connectivity index (χ0) is 10.4. The van der Waals surface area contributed by atoms with Gasteiger partial charge in [0.15, 0.2) is 0 Å². The Kier molecular flexibility index (Phi) is 1.85. The van der Waals surface area contributed by atoms with Crippen LogP contribution >= 0.6 is 0 Å². The van der Waals surface area contributed by atoms with Gasteiger partial charge in [0.1, 0.15) is 0 Å². The number of hydrogen-bond donors (Lipinski definition) is 0. The van der Waals surface area contributed by atoms with Crippen LogP contribution in [0.15, 0.2) is 0 Å². The second-order valence-electron chi connectivity index (χ2n) is 4.68. The highest BCUT2D eigenvalue weighted by molar-refractivity contribution is 5.87. The van der Waals surface area contributed by atoms with Gasteiger partial charge < -0.3 is 4.90 Å². The first-order valence-electron chi connectivity index (χ1n) is 5.32. The number of carbonyl (C=O) groups excluding carboxylic acids is 1. The van der Waals surface area contributed by atoms with Crippen LogP contribution in [-0.2, 0) is 4.79 Å². The average Bonchev–Trinajstić information content (AvgIpc) is 2.02. The molecule has 3 heteroatoms. The number of carbonyl (C=O) groups is 1. The second-order valence-corrected chi connectivity index (χ2v) is 4.68. The predicted molar refractivity (Wildman–Crippen MR) is 52.3 cm³/mol. The molecule has 0 saturated heterocycles. The van der Waals surface area contributed by atoms with Gasteiger partial charge in [0.05, 0.1) is 16.9 Å². The van der Waals surface area contributed by atoms with E-state index in [1.54, 1.807) is 0 Å². The minimum absolute atomic E-state index is 0.108. The van der Waals surface area contributed by atoms with Crippen molar-refractivity contribution in [1.29, 1.82) is 5.26 Å². The fourth-order valence-electron chi connectivity index (χ4n) is 2.98. The van der Waals surface area contributed by atoms with E-state index in [0.717, 1.165) is 32.4 Å². The first-order chi connectivity index (χ1) is 6.61. The van der Waals surface area contributed by atoms with Crippen molar-refractivity contribution in [3.63, 3.8) is 0 Å². The lowest BCUT2D eigenvalue weighted by Gasteiger charge is -2.66. The monoisotopic (exact) mass is 192 g/mol. The van der Waals surface area contributed by atoms with Crippen molar-refractivity contribution < 1.29 is 4.79 Å². The molecule has 3 aliphatic rings. The maximum Gasteiger partial charge on any atom is 0.228 e. The molecule has 0 atom stereocenters. The van der Waals surface area contributed by atoms with Crippen LogP contribution in [0.3, 0.4) is 0 Å². The number of nitrogens with zero attached hydrogens (tertiary/aromatic N) is 2. The lowest BCUT2D eigenvalue weighted by atomic mass is 9.35. The van der Waals surface area contributed by atoms with Crippen LogP contribution in [0.5, 0.6) is 0 Å². The SMILES string of the molecule is CCN(CC)C(=O)C12CC(C#N)(C1)C2. The lowest BCUT2D eigenvalue weighted by Crippen LogP contribution is -2.67. The Hall–Kier alpha value is -1.04. The summed E-state index contributed by atoms with van der Waals surface area (Å²) in [4.78, 5) is 13.9. The van der Waals surface area contributed by atoms with Crippen LogP contribution in [0.4, 0.5) is 0 Å². The van der Waals surface area contributed by atoms with Gasteiger partial charge in [-0.05, 0) is 33.1 Å². The van der Waals surface area contributed by atoms with E-state index in [0.29, 0.717) is 0 Å². The van der Waals surface area contributed by atoms with Gasteiger partial charge in [-0.1, -0.05) is 0 Å². The molecule has 3 rings (SSSR count). The Labute approximate surface area is 84.7 Å². The standard InChI is InChI=1S/C11H16N2O/c1-3-13(4-2)9(14)11-5-10(6-11,7-11)8-12/h3-7H2,1-2H3. The molecule has 3 aliphatic carbocycles. The summed E-state index contributed by atoms with van der Waals surface area (Å²) in [6.45, 7) is 5.59. The van der Waals surface area contributed by atoms with E-state index in [2.05, 4.69) is 6.07 Å². The van der Waals surface area contributed by atoms with Gasteiger partial charge in [0.25, 0.3) is 0 Å². The molecule has 0 aromatic heterocycles. The summed E-state index contributed by atoms with van der Waals surface area (Å²) in [5.74, 6) is 0.277. The Morgan fingerprint density at radius 2 is 1.86 bits per heavy atom. The number of hydrogen-bond acceptors (Lipinski definition) is 2. The molecule has 1 amide bonds. The maximum atomic E-state index is 12.0. The summed E-state index contributed by atoms with van der Waals surface area (Å²) in [6.07, 6.45) is 2.43. The van der Waals surface area contributed by atoms with Crippen molar-refractivity contribution in [2.24, 2.45) is 10.8 Å². The lowest BCUT2D eigenvalue weighted by molar-refractivity contribution is -0.195. The quantitative estimate of drug-likeness (QED) is 0.681. The van der Waals surface area contributed by atoms with Crippen LogP contribution in [0.25, 0.3) is 0 Å². The molecule has 76 valence electrons. The third-order valence-corrected chi connectivity index (χ3v) is 3.77. The summed E-state index contributed by atoms with van der Waals surface area (Å²) in [7, 11) is 0. The Balaban J connectivity index is 2.00. The molecule has 3 nitrogen and oxygen atoms in total.